The standard InChI is InChI=1S/C23H36N6O5S/c1-23(5-6-23)34-22(30)28-7-3-18(4-8-28)17-33-21-14-24-20(13-25-21)27-9-11-29(12-10-27)35(31,32)19-15-26(2)16-19/h13-14,18-19H,3-12,15-17H2,1-2H3. The second kappa shape index (κ2) is 9.70. The van der Waals surface area contributed by atoms with Gasteiger partial charge in [-0.05, 0) is 45.6 Å². The molecule has 0 spiro atoms. The third-order valence-electron chi connectivity index (χ3n) is 7.62. The number of piperidine rings is 1. The molecule has 3 aliphatic heterocycles. The number of ether oxygens (including phenoxy) is 2. The molecule has 3 saturated heterocycles. The fraction of sp³-hybridized carbons (Fsp3) is 0.783. The first kappa shape index (κ1) is 24.5. The average Bonchev–Trinajstić information content (AvgIpc) is 3.57. The summed E-state index contributed by atoms with van der Waals surface area (Å²) < 4.78 is 38.5. The Morgan fingerprint density at radius 3 is 2.31 bits per heavy atom. The van der Waals surface area contributed by atoms with Crippen molar-refractivity contribution in [2.24, 2.45) is 5.92 Å². The van der Waals surface area contributed by atoms with Crippen LogP contribution in [-0.4, -0.2) is 115 Å². The highest BCUT2D eigenvalue weighted by Crippen LogP contribution is 2.39. The highest BCUT2D eigenvalue weighted by molar-refractivity contribution is 7.89. The van der Waals surface area contributed by atoms with Crippen LogP contribution in [0.2, 0.25) is 0 Å². The zero-order valence-electron chi connectivity index (χ0n) is 20.6. The van der Waals surface area contributed by atoms with Crippen LogP contribution in [0.4, 0.5) is 10.6 Å². The Morgan fingerprint density at radius 1 is 1.06 bits per heavy atom. The molecular weight excluding hydrogens is 472 g/mol. The third kappa shape index (κ3) is 5.64. The number of rotatable bonds is 7. The molecule has 1 amide bonds. The van der Waals surface area contributed by atoms with Gasteiger partial charge in [0, 0.05) is 52.4 Å². The number of nitrogens with zero attached hydrogens (tertiary/aromatic N) is 6. The normalized spacial score (nSPS) is 24.2. The fourth-order valence-electron chi connectivity index (χ4n) is 4.80. The van der Waals surface area contributed by atoms with E-state index >= 15 is 0 Å². The zero-order valence-corrected chi connectivity index (χ0v) is 21.5. The minimum atomic E-state index is -3.22. The summed E-state index contributed by atoms with van der Waals surface area (Å²) in [6.45, 7) is 7.25. The summed E-state index contributed by atoms with van der Waals surface area (Å²) in [7, 11) is -1.28. The van der Waals surface area contributed by atoms with Crippen molar-refractivity contribution in [3.05, 3.63) is 12.4 Å². The van der Waals surface area contributed by atoms with E-state index in [1.807, 2.05) is 18.9 Å². The van der Waals surface area contributed by atoms with Gasteiger partial charge >= 0.3 is 6.09 Å². The van der Waals surface area contributed by atoms with Crippen molar-refractivity contribution in [2.75, 3.05) is 70.9 Å². The molecule has 1 aromatic heterocycles. The number of aromatic nitrogens is 2. The summed E-state index contributed by atoms with van der Waals surface area (Å²) in [6.07, 6.45) is 6.80. The summed E-state index contributed by atoms with van der Waals surface area (Å²) in [5, 5.41) is -0.275. The van der Waals surface area contributed by atoms with Crippen molar-refractivity contribution in [3.8, 4) is 5.88 Å². The molecule has 5 rings (SSSR count). The molecule has 1 aliphatic carbocycles. The van der Waals surface area contributed by atoms with Gasteiger partial charge in [-0.15, -0.1) is 0 Å². The predicted molar refractivity (Wildman–Crippen MR) is 130 cm³/mol. The van der Waals surface area contributed by atoms with E-state index < -0.39 is 10.0 Å². The summed E-state index contributed by atoms with van der Waals surface area (Å²) in [5.41, 5.74) is -0.236. The Labute approximate surface area is 207 Å². The van der Waals surface area contributed by atoms with Crippen LogP contribution < -0.4 is 9.64 Å². The van der Waals surface area contributed by atoms with E-state index in [1.165, 1.54) is 0 Å². The maximum Gasteiger partial charge on any atom is 0.410 e. The Morgan fingerprint density at radius 2 is 1.74 bits per heavy atom. The van der Waals surface area contributed by atoms with Gasteiger partial charge in [0.25, 0.3) is 0 Å². The molecule has 0 atom stereocenters. The molecule has 4 aliphatic rings. The number of hydrogen-bond acceptors (Lipinski definition) is 9. The number of piperazine rings is 1. The lowest BCUT2D eigenvalue weighted by Crippen LogP contribution is -2.59. The van der Waals surface area contributed by atoms with Gasteiger partial charge in [0.15, 0.2) is 0 Å². The topological polar surface area (TPSA) is 108 Å². The van der Waals surface area contributed by atoms with Crippen LogP contribution in [0.1, 0.15) is 32.6 Å². The SMILES string of the molecule is CN1CC(S(=O)(=O)N2CCN(c3cnc(OCC4CCN(C(=O)OC5(C)CC5)CC4)cn3)CC2)C1. The monoisotopic (exact) mass is 508 g/mol. The van der Waals surface area contributed by atoms with E-state index in [0.717, 1.165) is 31.5 Å². The lowest BCUT2D eigenvalue weighted by atomic mass is 9.98. The molecule has 12 heteroatoms. The lowest BCUT2D eigenvalue weighted by molar-refractivity contribution is 0.0454. The lowest BCUT2D eigenvalue weighted by Gasteiger charge is -2.41. The molecule has 4 fully saturated rings. The Bertz CT molecular complexity index is 996. The van der Waals surface area contributed by atoms with Crippen LogP contribution in [0.25, 0.3) is 0 Å². The van der Waals surface area contributed by atoms with Crippen molar-refractivity contribution in [1.82, 2.24) is 24.1 Å². The number of amides is 1. The van der Waals surface area contributed by atoms with Crippen LogP contribution in [0.5, 0.6) is 5.88 Å². The molecular formula is C23H36N6O5S. The average molecular weight is 509 g/mol. The maximum absolute atomic E-state index is 12.7. The fourth-order valence-corrected chi connectivity index (χ4v) is 6.78. The molecule has 0 unspecified atom stereocenters. The van der Waals surface area contributed by atoms with E-state index in [4.69, 9.17) is 9.47 Å². The Kier molecular flexibility index (Phi) is 6.79. The predicted octanol–water partition coefficient (Wildman–Crippen LogP) is 1.02. The number of anilines is 1. The highest BCUT2D eigenvalue weighted by atomic mass is 32.2. The van der Waals surface area contributed by atoms with Crippen LogP contribution in [0.3, 0.4) is 0 Å². The van der Waals surface area contributed by atoms with Gasteiger partial charge in [-0.1, -0.05) is 0 Å². The summed E-state index contributed by atoms with van der Waals surface area (Å²) in [5.74, 6) is 1.57. The number of likely N-dealkylation sites (tertiary alicyclic amines) is 2. The van der Waals surface area contributed by atoms with Gasteiger partial charge in [0.2, 0.25) is 15.9 Å². The number of carbonyl (C=O) groups is 1. The van der Waals surface area contributed by atoms with E-state index in [-0.39, 0.29) is 16.9 Å². The summed E-state index contributed by atoms with van der Waals surface area (Å²) >= 11 is 0. The number of sulfonamides is 1. The first-order chi connectivity index (χ1) is 16.7. The first-order valence-corrected chi connectivity index (χ1v) is 14.1. The third-order valence-corrected chi connectivity index (χ3v) is 9.84. The van der Waals surface area contributed by atoms with Crippen molar-refractivity contribution in [1.29, 1.82) is 0 Å². The van der Waals surface area contributed by atoms with E-state index in [1.54, 1.807) is 21.6 Å². The van der Waals surface area contributed by atoms with E-state index in [2.05, 4.69) is 14.9 Å². The maximum atomic E-state index is 12.7. The molecule has 194 valence electrons. The first-order valence-electron chi connectivity index (χ1n) is 12.6. The molecule has 11 nitrogen and oxygen atoms in total. The van der Waals surface area contributed by atoms with Gasteiger partial charge in [-0.2, -0.15) is 4.31 Å². The number of carbonyl (C=O) groups excluding carboxylic acids is 1. The summed E-state index contributed by atoms with van der Waals surface area (Å²) in [6, 6.07) is 0. The summed E-state index contributed by atoms with van der Waals surface area (Å²) in [4.78, 5) is 27.0. The van der Waals surface area contributed by atoms with Crippen LogP contribution in [-0.2, 0) is 14.8 Å². The minimum Gasteiger partial charge on any atom is -0.476 e. The van der Waals surface area contributed by atoms with Gasteiger partial charge < -0.3 is 24.2 Å². The Hall–Kier alpha value is -2.18. The molecule has 0 radical (unpaired) electrons. The highest BCUT2D eigenvalue weighted by Gasteiger charge is 2.43. The van der Waals surface area contributed by atoms with Gasteiger partial charge in [-0.25, -0.2) is 23.2 Å². The molecule has 35 heavy (non-hydrogen) atoms. The van der Waals surface area contributed by atoms with Crippen molar-refractivity contribution in [3.63, 3.8) is 0 Å². The molecule has 0 bridgehead atoms. The van der Waals surface area contributed by atoms with Crippen molar-refractivity contribution >= 4 is 21.9 Å². The molecule has 1 aromatic rings. The zero-order chi connectivity index (χ0) is 24.6. The molecule has 4 heterocycles. The quantitative estimate of drug-likeness (QED) is 0.533. The van der Waals surface area contributed by atoms with Crippen molar-refractivity contribution in [2.45, 2.75) is 43.5 Å². The second-order valence-electron chi connectivity index (χ2n) is 10.5. The van der Waals surface area contributed by atoms with Gasteiger partial charge in [0.05, 0.1) is 19.0 Å². The van der Waals surface area contributed by atoms with Crippen molar-refractivity contribution < 1.29 is 22.7 Å². The van der Waals surface area contributed by atoms with Gasteiger partial charge in [0.1, 0.15) is 16.7 Å². The smallest absolute Gasteiger partial charge is 0.410 e. The molecule has 0 N–H and O–H groups in total. The largest absolute Gasteiger partial charge is 0.476 e. The van der Waals surface area contributed by atoms with Gasteiger partial charge in [-0.3, -0.25) is 0 Å². The second-order valence-corrected chi connectivity index (χ2v) is 12.8. The Balaban J connectivity index is 1.03. The molecule has 1 saturated carbocycles. The number of hydrogen-bond donors (Lipinski definition) is 0. The van der Waals surface area contributed by atoms with Crippen LogP contribution >= 0.6 is 0 Å². The molecule has 0 aromatic carbocycles. The van der Waals surface area contributed by atoms with Crippen LogP contribution in [0.15, 0.2) is 12.4 Å². The van der Waals surface area contributed by atoms with E-state index in [0.29, 0.717) is 70.8 Å². The van der Waals surface area contributed by atoms with E-state index in [9.17, 15) is 13.2 Å². The van der Waals surface area contributed by atoms with Crippen LogP contribution in [0, 0.1) is 5.92 Å². The minimum absolute atomic E-state index is 0.195.